The molecule has 0 aliphatic heterocycles. The van der Waals surface area contributed by atoms with Gasteiger partial charge in [-0.15, -0.1) is 21.5 Å². The van der Waals surface area contributed by atoms with E-state index < -0.39 is 15.8 Å². The second-order valence-corrected chi connectivity index (χ2v) is 37.8. The van der Waals surface area contributed by atoms with Gasteiger partial charge >= 0.3 is 19.8 Å². The summed E-state index contributed by atoms with van der Waals surface area (Å²) in [4.78, 5) is 58.0. The van der Waals surface area contributed by atoms with Crippen molar-refractivity contribution >= 4 is 181 Å². The number of aliphatic hydroxyl groups is 2. The van der Waals surface area contributed by atoms with Crippen molar-refractivity contribution in [3.8, 4) is 29.5 Å². The van der Waals surface area contributed by atoms with E-state index in [0.717, 1.165) is 161 Å². The molecule has 0 aliphatic rings. The van der Waals surface area contributed by atoms with Gasteiger partial charge in [0.1, 0.15) is 22.6 Å². The van der Waals surface area contributed by atoms with Crippen LogP contribution in [0.3, 0.4) is 0 Å². The Morgan fingerprint density at radius 2 is 0.500 bits per heavy atom. The van der Waals surface area contributed by atoms with E-state index in [9.17, 15) is 9.59 Å². The fourth-order valence-electron chi connectivity index (χ4n) is 17.3. The minimum Gasteiger partial charge on any atom is -0.512 e. The third-order valence-electron chi connectivity index (χ3n) is 23.7. The minimum absolute atomic E-state index is 0. The molecule has 2 radical (unpaired) electrons. The number of hydrogen-bond donors (Lipinski definition) is 2. The van der Waals surface area contributed by atoms with Crippen LogP contribution >= 0.6 is 15.8 Å². The van der Waals surface area contributed by atoms with Crippen LogP contribution in [0.1, 0.15) is 27.7 Å². The monoisotopic (exact) mass is 2430 g/mol. The molecule has 0 unspecified atom stereocenters. The van der Waals surface area contributed by atoms with E-state index in [1.807, 2.05) is 210 Å². The number of rotatable bonds is 11. The van der Waals surface area contributed by atoms with Crippen molar-refractivity contribution < 1.29 is 79.8 Å². The molecule has 0 bridgehead atoms. The smallest absolute Gasteiger partial charge is 0.512 e. The molecule has 0 amide bonds. The van der Waals surface area contributed by atoms with E-state index in [4.69, 9.17) is 30.1 Å². The first-order valence-corrected chi connectivity index (χ1v) is 49.4. The van der Waals surface area contributed by atoms with E-state index in [1.165, 1.54) is 61.1 Å². The van der Waals surface area contributed by atoms with Crippen LogP contribution in [-0.4, -0.2) is 112 Å². The summed E-state index contributed by atoms with van der Waals surface area (Å²) in [5.41, 5.74) is 16.9. The van der Waals surface area contributed by atoms with Crippen molar-refractivity contribution in [3.05, 3.63) is 443 Å². The van der Waals surface area contributed by atoms with Crippen LogP contribution in [-0.2, 0) is 90.7 Å². The zero-order valence-corrected chi connectivity index (χ0v) is 88.4. The quantitative estimate of drug-likeness (QED) is 0.0535. The van der Waals surface area contributed by atoms with Gasteiger partial charge in [0.2, 0.25) is 23.8 Å². The van der Waals surface area contributed by atoms with Crippen LogP contribution in [0.15, 0.2) is 419 Å². The van der Waals surface area contributed by atoms with Gasteiger partial charge in [0.15, 0.2) is 11.6 Å². The maximum absolute atomic E-state index is 10.0. The Balaban J connectivity index is 0.000000126. The zero-order valence-electron chi connectivity index (χ0n) is 79.1. The topological polar surface area (TPSA) is 217 Å². The number of pyridine rings is 4. The number of benzene rings is 13. The molecule has 706 valence electrons. The molecule has 25 aromatic rings. The van der Waals surface area contributed by atoms with E-state index in [0.29, 0.717) is 0 Å². The SMILES string of the molecule is CC(=O)C=C(C)O.CC(=O)C=C(C)O.C[PH+](c1ccccc1)c1ccccc1.C[PH+](c1ccccc1)c1ccccc1.Cn1c(-n2c3[c-]cccc3c3cccnc32)nc2ccccc21.Cn1c(-n2c3[c-]cccc3c3cccnc32)nc2ccccc21.Cn1c(-n2c3[c-]cccc3c3cccnc32)nc2ccccc21.[Ir].[Ir].[Os+2].[c-]1cccc2c3cccnc3n(-c3nc4ccccc4n3-c3ccccc3)c12. The number of imidazole rings is 4. The molecular formula is C117H98Ir2N16O4OsP2. The van der Waals surface area contributed by atoms with Crippen molar-refractivity contribution in [1.82, 2.24) is 76.4 Å². The van der Waals surface area contributed by atoms with Gasteiger partial charge in [0.05, 0.1) is 106 Å². The van der Waals surface area contributed by atoms with E-state index in [2.05, 4.69) is 300 Å². The van der Waals surface area contributed by atoms with Gasteiger partial charge in [-0.2, -0.15) is 97.1 Å². The van der Waals surface area contributed by atoms with Crippen molar-refractivity contribution in [2.75, 3.05) is 13.3 Å². The Morgan fingerprint density at radius 3 is 0.754 bits per heavy atom. The summed E-state index contributed by atoms with van der Waals surface area (Å²) in [5, 5.41) is 31.6. The first-order valence-electron chi connectivity index (χ1n) is 45.4. The average Bonchev–Trinajstić information content (AvgIpc) is 1.60. The fourth-order valence-corrected chi connectivity index (χ4v) is 20.8. The van der Waals surface area contributed by atoms with Crippen LogP contribution in [0.2, 0.25) is 0 Å². The Labute approximate surface area is 864 Å². The summed E-state index contributed by atoms with van der Waals surface area (Å²) in [6.45, 7) is 10.4. The number of aromatic nitrogens is 16. The summed E-state index contributed by atoms with van der Waals surface area (Å²) in [6, 6.07) is 140. The predicted molar refractivity (Wildman–Crippen MR) is 574 cm³/mol. The number of aryl methyl sites for hydroxylation is 3. The summed E-state index contributed by atoms with van der Waals surface area (Å²) in [5.74, 6) is 3.25. The van der Waals surface area contributed by atoms with Crippen LogP contribution < -0.4 is 21.2 Å². The number of carbonyl (C=O) groups is 2. The van der Waals surface area contributed by atoms with Gasteiger partial charge < -0.3 is 23.9 Å². The molecule has 25 rings (SSSR count). The second-order valence-electron chi connectivity index (χ2n) is 33.0. The number of fused-ring (bicyclic) bond motifs is 16. The van der Waals surface area contributed by atoms with Gasteiger partial charge in [0.25, 0.3) is 0 Å². The zero-order chi connectivity index (χ0) is 96.0. The average molecular weight is 2430 g/mol. The standard InChI is InChI=1S/C24H15N4.3C19H13N4.2C13H13P.2C5H8O2.2Ir.Os/c1-2-9-17(10-3-1)27-22-15-7-5-13-20(22)26-24(27)28-21-14-6-4-11-18(21)19-12-8-16-25-23(19)28;3*1-22-17-11-5-3-9-15(17)21-19(22)23-16-10-4-2-7-13(16)14-8-6-12-20-18(14)23;2*1-14(12-8-4-2-5-9-12)13-10-6-3-7-11-13;2*1-4(6)3-5(2)7;;;/h1-13,15-16H;3*2-9,11-12H,1H3;2*2-11H,1H3;2*3,6H,1-2H3;;;/q4*-1;;;;;;;+2/p+2. The molecule has 0 spiro atoms. The summed E-state index contributed by atoms with van der Waals surface area (Å²) in [6.07, 6.45) is 9.62. The molecule has 0 saturated heterocycles. The number of nitrogens with zero attached hydrogens (tertiary/aromatic N) is 16. The number of hydrogen-bond acceptors (Lipinski definition) is 12. The van der Waals surface area contributed by atoms with Gasteiger partial charge in [-0.1, -0.05) is 186 Å². The summed E-state index contributed by atoms with van der Waals surface area (Å²) in [7, 11) is 5.02. The molecule has 0 fully saturated rings. The molecule has 0 atom stereocenters. The second kappa shape index (κ2) is 46.7. The molecule has 25 heteroatoms. The predicted octanol–water partition coefficient (Wildman–Crippen LogP) is 23.9. The summed E-state index contributed by atoms with van der Waals surface area (Å²) >= 11 is 0. The van der Waals surface area contributed by atoms with E-state index in [1.54, 1.807) is 0 Å². The fraction of sp³-hybridized carbons (Fsp3) is 0.0769. The van der Waals surface area contributed by atoms with Crippen LogP contribution in [0.5, 0.6) is 0 Å². The third kappa shape index (κ3) is 21.7. The molecular weight excluding hydrogens is 2330 g/mol. The minimum atomic E-state index is -0.545. The first kappa shape index (κ1) is 101. The number of carbonyl (C=O) groups excluding carboxylic acids is 2. The number of allylic oxidation sites excluding steroid dienone is 4. The Kier molecular flexibility index (Phi) is 33.3. The molecule has 20 nitrogen and oxygen atoms in total. The first-order chi connectivity index (χ1) is 68.0. The number of para-hydroxylation sites is 13. The third-order valence-corrected chi connectivity index (χ3v) is 28.5. The van der Waals surface area contributed by atoms with Gasteiger partial charge in [-0.25, -0.2) is 39.9 Å². The van der Waals surface area contributed by atoms with Gasteiger partial charge in [-0.3, -0.25) is 32.4 Å². The Morgan fingerprint density at radius 1 is 0.275 bits per heavy atom. The molecule has 2 N–H and O–H groups in total. The molecule has 0 aliphatic carbocycles. The van der Waals surface area contributed by atoms with Crippen molar-refractivity contribution in [3.63, 3.8) is 0 Å². The van der Waals surface area contributed by atoms with Crippen LogP contribution in [0.25, 0.3) is 161 Å². The normalized spacial score (nSPS) is 11.1. The van der Waals surface area contributed by atoms with E-state index in [-0.39, 0.29) is 83.1 Å². The molecule has 12 aromatic heterocycles. The number of aliphatic hydroxyl groups excluding tert-OH is 2. The molecule has 0 saturated carbocycles. The molecule has 13 aromatic carbocycles. The van der Waals surface area contributed by atoms with Crippen LogP contribution in [0.4, 0.5) is 0 Å². The summed E-state index contributed by atoms with van der Waals surface area (Å²) < 4.78 is 16.9. The van der Waals surface area contributed by atoms with Crippen molar-refractivity contribution in [2.45, 2.75) is 27.7 Å². The van der Waals surface area contributed by atoms with Crippen LogP contribution in [0, 0.1) is 24.3 Å². The largest absolute Gasteiger partial charge is 2.00 e. The maximum Gasteiger partial charge on any atom is 2.00 e. The van der Waals surface area contributed by atoms with Gasteiger partial charge in [-0.05, 0) is 183 Å². The van der Waals surface area contributed by atoms with E-state index >= 15 is 0 Å². The Bertz CT molecular complexity index is 7900. The Hall–Kier alpha value is -15.2. The van der Waals surface area contributed by atoms with Crippen molar-refractivity contribution in [2.24, 2.45) is 21.1 Å². The van der Waals surface area contributed by atoms with Gasteiger partial charge in [0, 0.05) is 104 Å². The molecule has 142 heavy (non-hydrogen) atoms. The van der Waals surface area contributed by atoms with Crippen molar-refractivity contribution in [1.29, 1.82) is 0 Å². The maximum atomic E-state index is 10.0. The number of ketones is 2. The molecule has 12 heterocycles.